The Kier molecular flexibility index (Phi) is 6.91. The van der Waals surface area contributed by atoms with Gasteiger partial charge in [-0.15, -0.1) is 10.2 Å². The van der Waals surface area contributed by atoms with Crippen LogP contribution in [-0.2, 0) is 19.0 Å². The zero-order valence-corrected chi connectivity index (χ0v) is 24.6. The Morgan fingerprint density at radius 2 is 1.93 bits per heavy atom. The van der Waals surface area contributed by atoms with Crippen molar-refractivity contribution in [2.45, 2.75) is 58.5 Å². The SMILES string of the molecule is Cc1cc(CN2CCN(C)C[C@@H]2C(C)C)cc2c(=O)c(-c3cccc(C4(c5nncn5C)CC(C)C4)c3)coc12. The predicted octanol–water partition coefficient (Wildman–Crippen LogP) is 5.38. The minimum Gasteiger partial charge on any atom is -0.463 e. The highest BCUT2D eigenvalue weighted by molar-refractivity contribution is 5.84. The smallest absolute Gasteiger partial charge is 0.200 e. The van der Waals surface area contributed by atoms with E-state index in [2.05, 4.69) is 78.1 Å². The van der Waals surface area contributed by atoms with Gasteiger partial charge >= 0.3 is 0 Å². The first-order valence-corrected chi connectivity index (χ1v) is 14.6. The zero-order chi connectivity index (χ0) is 28.2. The molecule has 3 heterocycles. The third-order valence-electron chi connectivity index (χ3n) is 9.27. The Labute approximate surface area is 236 Å². The number of piperazine rings is 1. The number of rotatable bonds is 6. The molecule has 2 fully saturated rings. The van der Waals surface area contributed by atoms with Gasteiger partial charge in [-0.25, -0.2) is 0 Å². The van der Waals surface area contributed by atoms with E-state index < -0.39 is 0 Å². The number of aromatic nitrogens is 3. The molecule has 1 atom stereocenters. The van der Waals surface area contributed by atoms with Gasteiger partial charge in [0.2, 0.25) is 5.43 Å². The largest absolute Gasteiger partial charge is 0.463 e. The number of fused-ring (bicyclic) bond motifs is 1. The molecule has 2 aliphatic rings. The quantitative estimate of drug-likeness (QED) is 0.328. The molecule has 7 heteroatoms. The highest BCUT2D eigenvalue weighted by atomic mass is 16.3. The monoisotopic (exact) mass is 539 g/mol. The van der Waals surface area contributed by atoms with E-state index in [4.69, 9.17) is 4.42 Å². The van der Waals surface area contributed by atoms with Crippen LogP contribution in [-0.4, -0.2) is 57.3 Å². The second-order valence-electron chi connectivity index (χ2n) is 12.8. The van der Waals surface area contributed by atoms with Gasteiger partial charge in [-0.2, -0.15) is 0 Å². The molecule has 6 rings (SSSR count). The molecule has 0 bridgehead atoms. The molecular weight excluding hydrogens is 498 g/mol. The van der Waals surface area contributed by atoms with Crippen LogP contribution < -0.4 is 5.43 Å². The molecule has 0 spiro atoms. The van der Waals surface area contributed by atoms with Gasteiger partial charge in [0.15, 0.2) is 0 Å². The summed E-state index contributed by atoms with van der Waals surface area (Å²) in [7, 11) is 4.21. The van der Waals surface area contributed by atoms with Crippen LogP contribution in [0.15, 0.2) is 58.2 Å². The van der Waals surface area contributed by atoms with Crippen LogP contribution in [0.25, 0.3) is 22.1 Å². The normalized spacial score (nSPS) is 24.1. The summed E-state index contributed by atoms with van der Waals surface area (Å²) >= 11 is 0. The van der Waals surface area contributed by atoms with Crippen molar-refractivity contribution >= 4 is 11.0 Å². The molecule has 40 heavy (non-hydrogen) atoms. The summed E-state index contributed by atoms with van der Waals surface area (Å²) in [5, 5.41) is 9.32. The maximum atomic E-state index is 14.0. The number of hydrogen-bond acceptors (Lipinski definition) is 6. The van der Waals surface area contributed by atoms with Crippen molar-refractivity contribution < 1.29 is 4.42 Å². The molecule has 7 nitrogen and oxygen atoms in total. The number of likely N-dealkylation sites (N-methyl/N-ethyl adjacent to an activating group) is 1. The lowest BCUT2D eigenvalue weighted by Crippen LogP contribution is -2.53. The molecule has 2 aromatic carbocycles. The van der Waals surface area contributed by atoms with Gasteiger partial charge in [0, 0.05) is 39.3 Å². The summed E-state index contributed by atoms with van der Waals surface area (Å²) in [5.74, 6) is 2.16. The second kappa shape index (κ2) is 10.3. The van der Waals surface area contributed by atoms with Gasteiger partial charge in [0.25, 0.3) is 0 Å². The predicted molar refractivity (Wildman–Crippen MR) is 159 cm³/mol. The fourth-order valence-corrected chi connectivity index (χ4v) is 7.21. The second-order valence-corrected chi connectivity index (χ2v) is 12.8. The Morgan fingerprint density at radius 1 is 1.12 bits per heavy atom. The Bertz CT molecular complexity index is 1600. The van der Waals surface area contributed by atoms with Gasteiger partial charge in [0.05, 0.1) is 16.4 Å². The first-order chi connectivity index (χ1) is 19.2. The van der Waals surface area contributed by atoms with E-state index in [1.54, 1.807) is 12.6 Å². The fraction of sp³-hybridized carbons (Fsp3) is 0.485. The molecule has 2 aromatic heterocycles. The zero-order valence-electron chi connectivity index (χ0n) is 24.6. The molecule has 1 aliphatic heterocycles. The van der Waals surface area contributed by atoms with Crippen LogP contribution in [0.5, 0.6) is 0 Å². The molecule has 0 unspecified atom stereocenters. The molecule has 1 aliphatic carbocycles. The van der Waals surface area contributed by atoms with Crippen LogP contribution in [0, 0.1) is 18.8 Å². The number of benzene rings is 2. The maximum absolute atomic E-state index is 14.0. The summed E-state index contributed by atoms with van der Waals surface area (Å²) in [6, 6.07) is 13.1. The summed E-state index contributed by atoms with van der Waals surface area (Å²) in [6.07, 6.45) is 5.44. The van der Waals surface area contributed by atoms with E-state index in [1.807, 2.05) is 24.6 Å². The molecule has 210 valence electrons. The van der Waals surface area contributed by atoms with Crippen molar-refractivity contribution in [3.8, 4) is 11.1 Å². The maximum Gasteiger partial charge on any atom is 0.200 e. The lowest BCUT2D eigenvalue weighted by molar-refractivity contribution is 0.0571. The third kappa shape index (κ3) is 4.59. The topological polar surface area (TPSA) is 67.4 Å². The van der Waals surface area contributed by atoms with Crippen LogP contribution in [0.1, 0.15) is 56.1 Å². The van der Waals surface area contributed by atoms with Gasteiger partial charge in [-0.3, -0.25) is 9.69 Å². The van der Waals surface area contributed by atoms with Crippen LogP contribution in [0.2, 0.25) is 0 Å². The summed E-state index contributed by atoms with van der Waals surface area (Å²) in [4.78, 5) is 19.0. The van der Waals surface area contributed by atoms with E-state index in [1.165, 1.54) is 11.1 Å². The van der Waals surface area contributed by atoms with E-state index in [0.29, 0.717) is 34.4 Å². The molecule has 0 radical (unpaired) electrons. The van der Waals surface area contributed by atoms with Gasteiger partial charge in [-0.1, -0.05) is 45.0 Å². The van der Waals surface area contributed by atoms with Crippen molar-refractivity contribution in [3.05, 3.63) is 81.7 Å². The molecule has 0 amide bonds. The Balaban J connectivity index is 1.38. The van der Waals surface area contributed by atoms with Crippen molar-refractivity contribution in [2.75, 3.05) is 26.7 Å². The summed E-state index contributed by atoms with van der Waals surface area (Å²) < 4.78 is 8.18. The molecule has 4 aromatic rings. The van der Waals surface area contributed by atoms with Gasteiger partial charge in [-0.05, 0) is 73.0 Å². The number of nitrogens with zero attached hydrogens (tertiary/aromatic N) is 5. The van der Waals surface area contributed by atoms with E-state index in [-0.39, 0.29) is 10.8 Å². The van der Waals surface area contributed by atoms with Crippen LogP contribution in [0.3, 0.4) is 0 Å². The van der Waals surface area contributed by atoms with Gasteiger partial charge in [0.1, 0.15) is 24.0 Å². The Hall–Kier alpha value is -3.29. The summed E-state index contributed by atoms with van der Waals surface area (Å²) in [6.45, 7) is 12.9. The first kappa shape index (κ1) is 26.9. The van der Waals surface area contributed by atoms with Crippen molar-refractivity contribution in [2.24, 2.45) is 18.9 Å². The molecule has 1 saturated carbocycles. The van der Waals surface area contributed by atoms with E-state index >= 15 is 0 Å². The highest BCUT2D eigenvalue weighted by Crippen LogP contribution is 2.51. The average molecular weight is 540 g/mol. The molecule has 1 saturated heterocycles. The van der Waals surface area contributed by atoms with E-state index in [9.17, 15) is 4.79 Å². The minimum atomic E-state index is -0.184. The fourth-order valence-electron chi connectivity index (χ4n) is 7.21. The first-order valence-electron chi connectivity index (χ1n) is 14.6. The van der Waals surface area contributed by atoms with E-state index in [0.717, 1.165) is 56.0 Å². The van der Waals surface area contributed by atoms with Crippen LogP contribution >= 0.6 is 0 Å². The molecular formula is C33H41N5O2. The Morgan fingerprint density at radius 3 is 2.62 bits per heavy atom. The average Bonchev–Trinajstić information content (AvgIpc) is 3.34. The van der Waals surface area contributed by atoms with Gasteiger partial charge < -0.3 is 13.9 Å². The van der Waals surface area contributed by atoms with Crippen molar-refractivity contribution in [3.63, 3.8) is 0 Å². The molecule has 0 N–H and O–H groups in total. The standard InChI is InChI=1S/C33H41N5O2/c1-21(2)29-18-36(5)10-11-38(29)17-24-12-23(4)31-27(13-24)30(39)28(19-40-31)25-8-7-9-26(14-25)33(15-22(3)16-33)32-35-34-20-37(32)6/h7-9,12-14,19-22,29H,10-11,15-18H2,1-6H3/t22?,29-,33?/m1/s1. The number of hydrogen-bond donors (Lipinski definition) is 0. The van der Waals surface area contributed by atoms with Crippen LogP contribution in [0.4, 0.5) is 0 Å². The summed E-state index contributed by atoms with van der Waals surface area (Å²) in [5.41, 5.74) is 5.36. The minimum absolute atomic E-state index is 0.0248. The number of aryl methyl sites for hydroxylation is 2. The highest BCUT2D eigenvalue weighted by Gasteiger charge is 2.48. The lowest BCUT2D eigenvalue weighted by Gasteiger charge is -2.46. The third-order valence-corrected chi connectivity index (χ3v) is 9.27. The van der Waals surface area contributed by atoms with Crippen molar-refractivity contribution in [1.82, 2.24) is 24.6 Å². The van der Waals surface area contributed by atoms with Crippen molar-refractivity contribution in [1.29, 1.82) is 0 Å². The lowest BCUT2D eigenvalue weighted by atomic mass is 9.58.